The van der Waals surface area contributed by atoms with Gasteiger partial charge in [-0.1, -0.05) is 11.6 Å². The van der Waals surface area contributed by atoms with Crippen molar-refractivity contribution >= 4 is 17.4 Å². The Morgan fingerprint density at radius 1 is 1.67 bits per heavy atom. The summed E-state index contributed by atoms with van der Waals surface area (Å²) in [7, 11) is 0. The molecule has 2 nitrogen and oxygen atoms in total. The van der Waals surface area contributed by atoms with Crippen LogP contribution in [0.3, 0.4) is 0 Å². The predicted octanol–water partition coefficient (Wildman–Crippen LogP) is 1.88. The fourth-order valence-electron chi connectivity index (χ4n) is 0.899. The highest BCUT2D eigenvalue weighted by Gasteiger charge is 1.99. The molecule has 0 unspecified atom stereocenters. The minimum Gasteiger partial charge on any atom is -0.383 e. The van der Waals surface area contributed by atoms with Gasteiger partial charge in [-0.15, -0.1) is 12.3 Å². The van der Waals surface area contributed by atoms with E-state index in [9.17, 15) is 0 Å². The molecular formula is C9H9ClN2. The SMILES string of the molecule is C#CCCc1cc(Cl)cnc1N. The molecule has 0 aromatic carbocycles. The summed E-state index contributed by atoms with van der Waals surface area (Å²) >= 11 is 5.73. The Morgan fingerprint density at radius 2 is 2.42 bits per heavy atom. The summed E-state index contributed by atoms with van der Waals surface area (Å²) in [5, 5.41) is 0.594. The number of pyridine rings is 1. The molecule has 62 valence electrons. The van der Waals surface area contributed by atoms with Crippen molar-refractivity contribution in [3.8, 4) is 12.3 Å². The largest absolute Gasteiger partial charge is 0.383 e. The van der Waals surface area contributed by atoms with E-state index < -0.39 is 0 Å². The maximum atomic E-state index is 5.73. The molecule has 0 fully saturated rings. The van der Waals surface area contributed by atoms with Crippen LogP contribution in [0.4, 0.5) is 5.82 Å². The number of aromatic nitrogens is 1. The highest BCUT2D eigenvalue weighted by atomic mass is 35.5. The van der Waals surface area contributed by atoms with E-state index in [1.165, 1.54) is 6.20 Å². The first-order chi connectivity index (χ1) is 5.74. The summed E-state index contributed by atoms with van der Waals surface area (Å²) in [5.41, 5.74) is 6.51. The quantitative estimate of drug-likeness (QED) is 0.706. The minimum absolute atomic E-state index is 0.509. The van der Waals surface area contributed by atoms with Gasteiger partial charge in [0, 0.05) is 12.6 Å². The molecule has 1 heterocycles. The lowest BCUT2D eigenvalue weighted by atomic mass is 10.1. The second-order valence-corrected chi connectivity index (χ2v) is 2.84. The van der Waals surface area contributed by atoms with Crippen molar-refractivity contribution in [2.24, 2.45) is 0 Å². The van der Waals surface area contributed by atoms with Gasteiger partial charge in [0.15, 0.2) is 0 Å². The van der Waals surface area contributed by atoms with Crippen molar-refractivity contribution in [3.63, 3.8) is 0 Å². The molecule has 2 N–H and O–H groups in total. The third kappa shape index (κ3) is 2.14. The van der Waals surface area contributed by atoms with Crippen molar-refractivity contribution in [1.29, 1.82) is 0 Å². The van der Waals surface area contributed by atoms with E-state index in [4.69, 9.17) is 23.8 Å². The molecular weight excluding hydrogens is 172 g/mol. The normalized spacial score (nSPS) is 9.33. The number of nitrogens with zero attached hydrogens (tertiary/aromatic N) is 1. The first kappa shape index (κ1) is 8.89. The molecule has 1 aromatic rings. The van der Waals surface area contributed by atoms with Crippen LogP contribution in [-0.2, 0) is 6.42 Å². The average Bonchev–Trinajstić information content (AvgIpc) is 2.07. The maximum absolute atomic E-state index is 5.73. The number of hydrogen-bond acceptors (Lipinski definition) is 2. The number of hydrogen-bond donors (Lipinski definition) is 1. The molecule has 0 bridgehead atoms. The summed E-state index contributed by atoms with van der Waals surface area (Å²) in [6, 6.07) is 1.79. The lowest BCUT2D eigenvalue weighted by Crippen LogP contribution is -1.96. The third-order valence-corrected chi connectivity index (χ3v) is 1.71. The number of anilines is 1. The van der Waals surface area contributed by atoms with E-state index in [0.717, 1.165) is 12.0 Å². The van der Waals surface area contributed by atoms with Crippen molar-refractivity contribution in [1.82, 2.24) is 4.98 Å². The first-order valence-corrected chi connectivity index (χ1v) is 3.95. The second-order valence-electron chi connectivity index (χ2n) is 2.40. The van der Waals surface area contributed by atoms with Gasteiger partial charge in [-0.25, -0.2) is 4.98 Å². The highest BCUT2D eigenvalue weighted by molar-refractivity contribution is 6.30. The number of rotatable bonds is 2. The zero-order valence-electron chi connectivity index (χ0n) is 6.55. The molecule has 0 aliphatic heterocycles. The smallest absolute Gasteiger partial charge is 0.126 e. The van der Waals surface area contributed by atoms with Crippen LogP contribution in [0.25, 0.3) is 0 Å². The van der Waals surface area contributed by atoms with Gasteiger partial charge < -0.3 is 5.73 Å². The Morgan fingerprint density at radius 3 is 3.08 bits per heavy atom. The standard InChI is InChI=1S/C9H9ClN2/c1-2-3-4-7-5-8(10)6-12-9(7)11/h1,5-6H,3-4H2,(H2,11,12). The number of terminal acetylenes is 1. The third-order valence-electron chi connectivity index (χ3n) is 1.51. The minimum atomic E-state index is 0.509. The van der Waals surface area contributed by atoms with Crippen LogP contribution in [0.2, 0.25) is 5.02 Å². The number of halogens is 1. The van der Waals surface area contributed by atoms with E-state index in [1.807, 2.05) is 0 Å². The van der Waals surface area contributed by atoms with Crippen LogP contribution in [0, 0.1) is 12.3 Å². The Bertz CT molecular complexity index is 315. The summed E-state index contributed by atoms with van der Waals surface area (Å²) < 4.78 is 0. The van der Waals surface area contributed by atoms with Gasteiger partial charge in [0.25, 0.3) is 0 Å². The highest BCUT2D eigenvalue weighted by Crippen LogP contribution is 2.15. The maximum Gasteiger partial charge on any atom is 0.126 e. The molecule has 12 heavy (non-hydrogen) atoms. The van der Waals surface area contributed by atoms with Crippen LogP contribution in [-0.4, -0.2) is 4.98 Å². The summed E-state index contributed by atoms with van der Waals surface area (Å²) in [6.45, 7) is 0. The van der Waals surface area contributed by atoms with Crippen molar-refractivity contribution in [3.05, 3.63) is 22.8 Å². The van der Waals surface area contributed by atoms with Gasteiger partial charge in [-0.3, -0.25) is 0 Å². The summed E-state index contributed by atoms with van der Waals surface area (Å²) in [4.78, 5) is 3.91. The molecule has 0 aliphatic rings. The van der Waals surface area contributed by atoms with Gasteiger partial charge in [0.05, 0.1) is 5.02 Å². The Balaban J connectivity index is 2.84. The van der Waals surface area contributed by atoms with Gasteiger partial charge in [0.1, 0.15) is 5.82 Å². The van der Waals surface area contributed by atoms with E-state index in [-0.39, 0.29) is 0 Å². The second kappa shape index (κ2) is 3.99. The molecule has 0 saturated carbocycles. The molecule has 1 aromatic heterocycles. The zero-order chi connectivity index (χ0) is 8.97. The Labute approximate surface area is 76.8 Å². The fourth-order valence-corrected chi connectivity index (χ4v) is 1.08. The van der Waals surface area contributed by atoms with Crippen molar-refractivity contribution < 1.29 is 0 Å². The van der Waals surface area contributed by atoms with Gasteiger partial charge in [-0.05, 0) is 18.1 Å². The topological polar surface area (TPSA) is 38.9 Å². The van der Waals surface area contributed by atoms with Crippen LogP contribution >= 0.6 is 11.6 Å². The lowest BCUT2D eigenvalue weighted by molar-refractivity contribution is 1.02. The average molecular weight is 181 g/mol. The molecule has 0 saturated heterocycles. The number of nitrogens with two attached hydrogens (primary N) is 1. The van der Waals surface area contributed by atoms with Crippen molar-refractivity contribution in [2.45, 2.75) is 12.8 Å². The van der Waals surface area contributed by atoms with E-state index in [0.29, 0.717) is 17.3 Å². The Kier molecular flexibility index (Phi) is 2.95. The predicted molar refractivity (Wildman–Crippen MR) is 50.8 cm³/mol. The Hall–Kier alpha value is -1.20. The summed E-state index contributed by atoms with van der Waals surface area (Å²) in [5.74, 6) is 3.05. The van der Waals surface area contributed by atoms with E-state index >= 15 is 0 Å². The van der Waals surface area contributed by atoms with Crippen LogP contribution in [0.15, 0.2) is 12.3 Å². The van der Waals surface area contributed by atoms with Crippen molar-refractivity contribution in [2.75, 3.05) is 5.73 Å². The zero-order valence-corrected chi connectivity index (χ0v) is 7.30. The van der Waals surface area contributed by atoms with Crippen LogP contribution < -0.4 is 5.73 Å². The monoisotopic (exact) mass is 180 g/mol. The van der Waals surface area contributed by atoms with Gasteiger partial charge in [0.2, 0.25) is 0 Å². The molecule has 0 atom stereocenters. The summed E-state index contributed by atoms with van der Waals surface area (Å²) in [6.07, 6.45) is 8.04. The molecule has 1 rings (SSSR count). The number of nitrogen functional groups attached to an aromatic ring is 1. The van der Waals surface area contributed by atoms with E-state index in [1.54, 1.807) is 6.07 Å². The molecule has 0 spiro atoms. The number of aryl methyl sites for hydroxylation is 1. The van der Waals surface area contributed by atoms with Gasteiger partial charge in [-0.2, -0.15) is 0 Å². The molecule has 3 heteroatoms. The molecule has 0 aliphatic carbocycles. The van der Waals surface area contributed by atoms with Crippen LogP contribution in [0.5, 0.6) is 0 Å². The molecule has 0 radical (unpaired) electrons. The molecule has 0 amide bonds. The lowest BCUT2D eigenvalue weighted by Gasteiger charge is -2.01. The fraction of sp³-hybridized carbons (Fsp3) is 0.222. The van der Waals surface area contributed by atoms with E-state index in [2.05, 4.69) is 10.9 Å². The van der Waals surface area contributed by atoms with Gasteiger partial charge >= 0.3 is 0 Å². The van der Waals surface area contributed by atoms with Crippen LogP contribution in [0.1, 0.15) is 12.0 Å². The first-order valence-electron chi connectivity index (χ1n) is 3.57.